The molecular weight excluding hydrogens is 360 g/mol. The van der Waals surface area contributed by atoms with E-state index in [0.29, 0.717) is 28.8 Å². The highest BCUT2D eigenvalue weighted by atomic mass is 16.2. The predicted octanol–water partition coefficient (Wildman–Crippen LogP) is 4.57. The van der Waals surface area contributed by atoms with Crippen LogP contribution < -0.4 is 4.90 Å². The highest BCUT2D eigenvalue weighted by Crippen LogP contribution is 2.38. The number of rotatable bonds is 3. The molecule has 0 N–H and O–H groups in total. The Bertz CT molecular complexity index is 983. The molecular formula is C25H28N2O2. The first-order valence-electron chi connectivity index (χ1n) is 10.4. The van der Waals surface area contributed by atoms with Gasteiger partial charge in [0.2, 0.25) is 0 Å². The lowest BCUT2D eigenvalue weighted by Gasteiger charge is -2.37. The molecule has 2 heterocycles. The summed E-state index contributed by atoms with van der Waals surface area (Å²) in [6, 6.07) is 15.4. The van der Waals surface area contributed by atoms with E-state index in [1.807, 2.05) is 62.4 Å². The van der Waals surface area contributed by atoms with Crippen molar-refractivity contribution in [3.63, 3.8) is 0 Å². The van der Waals surface area contributed by atoms with Crippen LogP contribution in [0.5, 0.6) is 0 Å². The molecule has 2 amide bonds. The Kier molecular flexibility index (Phi) is 5.03. The average molecular weight is 389 g/mol. The summed E-state index contributed by atoms with van der Waals surface area (Å²) in [5.41, 5.74) is 4.60. The molecule has 2 atom stereocenters. The Balaban J connectivity index is 1.86. The number of nitrogens with zero attached hydrogens (tertiary/aromatic N) is 2. The van der Waals surface area contributed by atoms with E-state index in [1.165, 1.54) is 4.90 Å². The number of imide groups is 1. The second kappa shape index (κ2) is 7.51. The number of piperidine rings is 1. The maximum absolute atomic E-state index is 13.7. The van der Waals surface area contributed by atoms with Crippen LogP contribution in [-0.4, -0.2) is 29.8 Å². The number of anilines is 1. The lowest BCUT2D eigenvalue weighted by molar-refractivity contribution is -0.120. The third-order valence-electron chi connectivity index (χ3n) is 6.12. The van der Waals surface area contributed by atoms with Gasteiger partial charge in [-0.05, 0) is 54.9 Å². The van der Waals surface area contributed by atoms with Crippen molar-refractivity contribution < 1.29 is 9.59 Å². The lowest BCUT2D eigenvalue weighted by atomic mass is 9.91. The fourth-order valence-corrected chi connectivity index (χ4v) is 4.72. The molecule has 2 aromatic rings. The van der Waals surface area contributed by atoms with Gasteiger partial charge in [0.25, 0.3) is 11.8 Å². The van der Waals surface area contributed by atoms with Crippen LogP contribution in [0.3, 0.4) is 0 Å². The molecule has 4 heteroatoms. The van der Waals surface area contributed by atoms with Crippen LogP contribution in [0.25, 0.3) is 5.57 Å². The maximum Gasteiger partial charge on any atom is 0.282 e. The molecule has 1 saturated heterocycles. The van der Waals surface area contributed by atoms with Gasteiger partial charge in [0.15, 0.2) is 0 Å². The summed E-state index contributed by atoms with van der Waals surface area (Å²) in [6.07, 6.45) is 1.15. The van der Waals surface area contributed by atoms with Gasteiger partial charge >= 0.3 is 0 Å². The summed E-state index contributed by atoms with van der Waals surface area (Å²) in [4.78, 5) is 30.8. The molecule has 0 saturated carbocycles. The van der Waals surface area contributed by atoms with E-state index in [1.54, 1.807) is 0 Å². The summed E-state index contributed by atoms with van der Waals surface area (Å²) >= 11 is 0. The molecule has 2 aliphatic rings. The molecule has 4 nitrogen and oxygen atoms in total. The molecule has 0 radical (unpaired) electrons. The summed E-state index contributed by atoms with van der Waals surface area (Å²) < 4.78 is 0. The quantitative estimate of drug-likeness (QED) is 0.724. The number of carbonyl (C=O) groups excluding carboxylic acids is 2. The topological polar surface area (TPSA) is 40.6 Å². The summed E-state index contributed by atoms with van der Waals surface area (Å²) in [7, 11) is 0. The number of hydrogen-bond donors (Lipinski definition) is 0. The zero-order valence-electron chi connectivity index (χ0n) is 17.6. The van der Waals surface area contributed by atoms with Gasteiger partial charge in [-0.3, -0.25) is 9.59 Å². The van der Waals surface area contributed by atoms with E-state index in [0.717, 1.165) is 36.2 Å². The first-order valence-corrected chi connectivity index (χ1v) is 10.4. The van der Waals surface area contributed by atoms with Gasteiger partial charge < -0.3 is 4.90 Å². The van der Waals surface area contributed by atoms with Gasteiger partial charge in [-0.1, -0.05) is 56.3 Å². The Morgan fingerprint density at radius 1 is 0.828 bits per heavy atom. The number of hydrogen-bond acceptors (Lipinski definition) is 3. The Morgan fingerprint density at radius 3 is 2.14 bits per heavy atom. The highest BCUT2D eigenvalue weighted by Gasteiger charge is 2.44. The van der Waals surface area contributed by atoms with Gasteiger partial charge in [0.05, 0.1) is 11.3 Å². The summed E-state index contributed by atoms with van der Waals surface area (Å²) in [5.74, 6) is 0.543. The normalized spacial score (nSPS) is 22.6. The number of carbonyl (C=O) groups is 2. The third-order valence-corrected chi connectivity index (χ3v) is 6.12. The summed E-state index contributed by atoms with van der Waals surface area (Å²) in [5, 5.41) is 0. The first kappa shape index (κ1) is 19.4. The van der Waals surface area contributed by atoms with Crippen LogP contribution in [-0.2, 0) is 9.59 Å². The van der Waals surface area contributed by atoms with Crippen LogP contribution in [0.4, 0.5) is 5.69 Å². The van der Waals surface area contributed by atoms with Gasteiger partial charge in [-0.25, -0.2) is 4.90 Å². The van der Waals surface area contributed by atoms with Crippen molar-refractivity contribution in [1.29, 1.82) is 0 Å². The molecule has 0 bridgehead atoms. The number of likely N-dealkylation sites (tertiary alicyclic amines) is 1. The molecule has 2 aliphatic heterocycles. The van der Waals surface area contributed by atoms with Crippen molar-refractivity contribution in [3.8, 4) is 0 Å². The van der Waals surface area contributed by atoms with E-state index in [9.17, 15) is 9.59 Å². The van der Waals surface area contributed by atoms with Crippen LogP contribution in [0, 0.1) is 25.7 Å². The minimum Gasteiger partial charge on any atom is -0.366 e. The van der Waals surface area contributed by atoms with E-state index < -0.39 is 0 Å². The van der Waals surface area contributed by atoms with Gasteiger partial charge in [0, 0.05) is 13.1 Å². The second-order valence-electron chi connectivity index (χ2n) is 8.61. The van der Waals surface area contributed by atoms with E-state index >= 15 is 0 Å². The molecule has 4 rings (SSSR count). The van der Waals surface area contributed by atoms with Gasteiger partial charge in [-0.15, -0.1) is 0 Å². The van der Waals surface area contributed by atoms with Gasteiger partial charge in [0.1, 0.15) is 5.70 Å². The summed E-state index contributed by atoms with van der Waals surface area (Å²) in [6.45, 7) is 10.0. The monoisotopic (exact) mass is 388 g/mol. The zero-order valence-corrected chi connectivity index (χ0v) is 17.6. The third kappa shape index (κ3) is 3.37. The lowest BCUT2D eigenvalue weighted by Crippen LogP contribution is -2.42. The van der Waals surface area contributed by atoms with Crippen molar-refractivity contribution in [3.05, 3.63) is 70.9 Å². The van der Waals surface area contributed by atoms with Crippen molar-refractivity contribution >= 4 is 23.1 Å². The van der Waals surface area contributed by atoms with Crippen molar-refractivity contribution in [2.24, 2.45) is 11.8 Å². The Hall–Kier alpha value is -2.88. The minimum absolute atomic E-state index is 0.205. The fourth-order valence-electron chi connectivity index (χ4n) is 4.72. The number of amides is 2. The zero-order chi connectivity index (χ0) is 20.7. The first-order chi connectivity index (χ1) is 13.9. The molecule has 29 heavy (non-hydrogen) atoms. The second-order valence-corrected chi connectivity index (χ2v) is 8.61. The van der Waals surface area contributed by atoms with E-state index in [2.05, 4.69) is 18.7 Å². The molecule has 2 aromatic carbocycles. The Labute approximate surface area is 172 Å². The standard InChI is InChI=1S/C25H28N2O2/c1-16-13-17(2)15-26(14-16)23-22(20-10-6-5-7-11-20)24(28)27(25(23)29)21-12-8-9-18(3)19(21)4/h5-12,16-17H,13-15H2,1-4H3. The molecule has 0 aromatic heterocycles. The maximum atomic E-state index is 13.7. The van der Waals surface area contributed by atoms with Crippen molar-refractivity contribution in [2.75, 3.05) is 18.0 Å². The van der Waals surface area contributed by atoms with Crippen LogP contribution in [0.15, 0.2) is 54.2 Å². The van der Waals surface area contributed by atoms with Crippen LogP contribution in [0.2, 0.25) is 0 Å². The molecule has 2 unspecified atom stereocenters. The van der Waals surface area contributed by atoms with Gasteiger partial charge in [-0.2, -0.15) is 0 Å². The minimum atomic E-state index is -0.226. The highest BCUT2D eigenvalue weighted by molar-refractivity contribution is 6.45. The number of aryl methyl sites for hydroxylation is 1. The SMILES string of the molecule is Cc1cccc(N2C(=O)C(c3ccccc3)=C(N3CC(C)CC(C)C3)C2=O)c1C. The van der Waals surface area contributed by atoms with E-state index in [-0.39, 0.29) is 11.8 Å². The van der Waals surface area contributed by atoms with Crippen molar-refractivity contribution in [2.45, 2.75) is 34.1 Å². The molecule has 0 spiro atoms. The molecule has 1 fully saturated rings. The largest absolute Gasteiger partial charge is 0.366 e. The average Bonchev–Trinajstić information content (AvgIpc) is 2.94. The van der Waals surface area contributed by atoms with Crippen molar-refractivity contribution in [1.82, 2.24) is 4.90 Å². The van der Waals surface area contributed by atoms with Crippen LogP contribution >= 0.6 is 0 Å². The van der Waals surface area contributed by atoms with E-state index in [4.69, 9.17) is 0 Å². The fraction of sp³-hybridized carbons (Fsp3) is 0.360. The molecule has 0 aliphatic carbocycles. The predicted molar refractivity (Wildman–Crippen MR) is 116 cm³/mol. The smallest absolute Gasteiger partial charge is 0.282 e. The number of benzene rings is 2. The molecule has 150 valence electrons. The van der Waals surface area contributed by atoms with Crippen LogP contribution in [0.1, 0.15) is 37.0 Å². The Morgan fingerprint density at radius 2 is 1.48 bits per heavy atom.